The number of anilines is 1. The number of hydrogen-bond donors (Lipinski definition) is 2. The van der Waals surface area contributed by atoms with E-state index in [1.165, 1.54) is 0 Å². The predicted molar refractivity (Wildman–Crippen MR) is 145 cm³/mol. The van der Waals surface area contributed by atoms with Crippen molar-refractivity contribution in [3.05, 3.63) is 92.5 Å². The van der Waals surface area contributed by atoms with Gasteiger partial charge in [-0.15, -0.1) is 0 Å². The lowest BCUT2D eigenvalue weighted by atomic mass is 10.00. The Hall–Kier alpha value is -3.59. The van der Waals surface area contributed by atoms with Crippen LogP contribution in [-0.2, 0) is 22.7 Å². The fraction of sp³-hybridized carbons (Fsp3) is 0.357. The average Bonchev–Trinajstić information content (AvgIpc) is 3.11. The maximum Gasteiger partial charge on any atom is 0.280 e. The van der Waals surface area contributed by atoms with E-state index in [1.807, 2.05) is 48.5 Å². The lowest BCUT2D eigenvalue weighted by Gasteiger charge is -2.15. The summed E-state index contributed by atoms with van der Waals surface area (Å²) in [6.45, 7) is 4.28. The molecule has 0 bridgehead atoms. The molecule has 192 valence electrons. The number of benzene rings is 2. The molecule has 0 radical (unpaired) electrons. The molecule has 9 heteroatoms. The lowest BCUT2D eigenvalue weighted by molar-refractivity contribution is 0.587. The number of unbranched alkanes of at least 4 members (excludes halogenated alkanes) is 2. The van der Waals surface area contributed by atoms with E-state index in [-0.39, 0.29) is 22.8 Å². The van der Waals surface area contributed by atoms with Crippen LogP contribution >= 0.6 is 0 Å². The molecule has 37 heavy (non-hydrogen) atoms. The number of aromatic amines is 1. The molecule has 3 heterocycles. The summed E-state index contributed by atoms with van der Waals surface area (Å²) in [7, 11) is -3.85. The molecule has 8 nitrogen and oxygen atoms in total. The molecule has 0 amide bonds. The molecule has 1 aliphatic heterocycles. The summed E-state index contributed by atoms with van der Waals surface area (Å²) in [5, 5.41) is -2.06. The molecule has 0 saturated carbocycles. The number of nitrogens with zero attached hydrogens (tertiary/aromatic N) is 3. The van der Waals surface area contributed by atoms with Crippen molar-refractivity contribution in [1.29, 1.82) is 0 Å². The molecule has 2 unspecified atom stereocenters. The van der Waals surface area contributed by atoms with Gasteiger partial charge in [-0.3, -0.25) is 9.78 Å². The highest BCUT2D eigenvalue weighted by Crippen LogP contribution is 2.49. The van der Waals surface area contributed by atoms with E-state index in [4.69, 9.17) is 5.73 Å². The molecular weight excluding hydrogens is 486 g/mol. The zero-order valence-electron chi connectivity index (χ0n) is 21.1. The normalized spacial score (nSPS) is 18.2. The van der Waals surface area contributed by atoms with Crippen molar-refractivity contribution in [1.82, 2.24) is 19.9 Å². The van der Waals surface area contributed by atoms with Gasteiger partial charge in [0.1, 0.15) is 10.5 Å². The van der Waals surface area contributed by atoms with Crippen molar-refractivity contribution in [2.75, 3.05) is 5.73 Å². The Morgan fingerprint density at radius 1 is 0.784 bits per heavy atom. The maximum atomic E-state index is 14.2. The van der Waals surface area contributed by atoms with Crippen LogP contribution in [-0.4, -0.2) is 28.4 Å². The molecule has 3 N–H and O–H groups in total. The van der Waals surface area contributed by atoms with E-state index in [1.54, 1.807) is 0 Å². The Balaban J connectivity index is 1.67. The number of hydrogen-bond acceptors (Lipinski definition) is 7. The second kappa shape index (κ2) is 10.0. The maximum absolute atomic E-state index is 14.2. The van der Waals surface area contributed by atoms with Gasteiger partial charge in [-0.25, -0.2) is 18.4 Å². The summed E-state index contributed by atoms with van der Waals surface area (Å²) in [4.78, 5) is 28.3. The standard InChI is InChI=1S/C28H31N5O3S/c1-3-5-7-17-9-13-19(14-10-17)24-21-22(31-26-23(30-21)27(34)33-28(29)32-26)25(37(24,35)36)20-15-11-18(12-16-20)8-6-4-2/h9-16,24-25H,3-8H2,1-2H3,(H3,29,31,32,33,34). The minimum atomic E-state index is -3.85. The van der Waals surface area contributed by atoms with Crippen molar-refractivity contribution in [3.63, 3.8) is 0 Å². The zero-order chi connectivity index (χ0) is 26.2. The fourth-order valence-corrected chi connectivity index (χ4v) is 7.32. The minimum absolute atomic E-state index is 0.0247. The van der Waals surface area contributed by atoms with E-state index in [9.17, 15) is 13.2 Å². The summed E-state index contributed by atoms with van der Waals surface area (Å²) >= 11 is 0. The van der Waals surface area contributed by atoms with Crippen LogP contribution in [0.15, 0.2) is 53.3 Å². The number of aryl methyl sites for hydroxylation is 2. The van der Waals surface area contributed by atoms with Crippen molar-refractivity contribution >= 4 is 26.9 Å². The monoisotopic (exact) mass is 517 g/mol. The summed E-state index contributed by atoms with van der Waals surface area (Å²) in [5.74, 6) is -0.0938. The van der Waals surface area contributed by atoms with E-state index in [0.29, 0.717) is 16.8 Å². The van der Waals surface area contributed by atoms with Crippen molar-refractivity contribution in [3.8, 4) is 0 Å². The van der Waals surface area contributed by atoms with Gasteiger partial charge in [0.05, 0.1) is 11.4 Å². The third-order valence-electron chi connectivity index (χ3n) is 6.97. The Morgan fingerprint density at radius 2 is 1.27 bits per heavy atom. The van der Waals surface area contributed by atoms with Gasteiger partial charge >= 0.3 is 0 Å². The van der Waals surface area contributed by atoms with Gasteiger partial charge in [0.25, 0.3) is 5.56 Å². The minimum Gasteiger partial charge on any atom is -0.369 e. The number of nitrogen functional groups attached to an aromatic ring is 1. The number of sulfone groups is 1. The summed E-state index contributed by atoms with van der Waals surface area (Å²) in [6.07, 6.45) is 6.18. The molecule has 2 aromatic heterocycles. The van der Waals surface area contributed by atoms with Crippen molar-refractivity contribution in [2.45, 2.75) is 62.9 Å². The first kappa shape index (κ1) is 25.1. The lowest BCUT2D eigenvalue weighted by Crippen LogP contribution is -2.15. The van der Waals surface area contributed by atoms with Gasteiger partial charge in [0.2, 0.25) is 5.95 Å². The number of H-pyrrole nitrogens is 1. The highest BCUT2D eigenvalue weighted by atomic mass is 32.2. The Kier molecular flexibility index (Phi) is 6.81. The summed E-state index contributed by atoms with van der Waals surface area (Å²) in [6, 6.07) is 15.3. The Labute approximate surface area is 216 Å². The number of nitrogens with two attached hydrogens (primary N) is 1. The first-order valence-electron chi connectivity index (χ1n) is 12.8. The molecule has 5 rings (SSSR count). The van der Waals surface area contributed by atoms with Gasteiger partial charge < -0.3 is 5.73 Å². The van der Waals surface area contributed by atoms with Gasteiger partial charge in [-0.1, -0.05) is 75.2 Å². The van der Waals surface area contributed by atoms with E-state index >= 15 is 0 Å². The molecule has 0 saturated heterocycles. The fourth-order valence-electron chi connectivity index (χ4n) is 5.01. The second-order valence-corrected chi connectivity index (χ2v) is 11.8. The van der Waals surface area contributed by atoms with Crippen LogP contribution in [0.3, 0.4) is 0 Å². The molecule has 0 aliphatic carbocycles. The van der Waals surface area contributed by atoms with E-state index < -0.39 is 25.9 Å². The van der Waals surface area contributed by atoms with Crippen LogP contribution in [0.1, 0.15) is 83.7 Å². The average molecular weight is 518 g/mol. The summed E-state index contributed by atoms with van der Waals surface area (Å²) < 4.78 is 28.4. The first-order valence-corrected chi connectivity index (χ1v) is 14.4. The zero-order valence-corrected chi connectivity index (χ0v) is 21.9. The van der Waals surface area contributed by atoms with Gasteiger partial charge in [0.15, 0.2) is 21.0 Å². The van der Waals surface area contributed by atoms with Crippen LogP contribution in [0.2, 0.25) is 0 Å². The van der Waals surface area contributed by atoms with Crippen molar-refractivity contribution in [2.24, 2.45) is 0 Å². The molecule has 2 aromatic carbocycles. The Morgan fingerprint density at radius 3 is 1.76 bits per heavy atom. The SMILES string of the molecule is CCCCc1ccc(C2c3nc4nc(N)[nH]c(=O)c4nc3C(c3ccc(CCCC)cc3)S2(=O)=O)cc1. The van der Waals surface area contributed by atoms with Crippen LogP contribution in [0, 0.1) is 0 Å². The molecule has 2 atom stereocenters. The van der Waals surface area contributed by atoms with Crippen LogP contribution in [0.4, 0.5) is 5.95 Å². The third kappa shape index (κ3) is 4.64. The van der Waals surface area contributed by atoms with Crippen LogP contribution < -0.4 is 11.3 Å². The molecule has 1 aliphatic rings. The first-order chi connectivity index (χ1) is 17.8. The largest absolute Gasteiger partial charge is 0.369 e. The second-order valence-electron chi connectivity index (χ2n) is 9.66. The van der Waals surface area contributed by atoms with Crippen LogP contribution in [0.5, 0.6) is 0 Å². The van der Waals surface area contributed by atoms with Crippen LogP contribution in [0.25, 0.3) is 11.2 Å². The van der Waals surface area contributed by atoms with E-state index in [0.717, 1.165) is 49.7 Å². The predicted octanol–water partition coefficient (Wildman–Crippen LogP) is 4.59. The molecule has 0 fully saturated rings. The topological polar surface area (TPSA) is 132 Å². The van der Waals surface area contributed by atoms with Gasteiger partial charge in [-0.2, -0.15) is 4.98 Å². The number of nitrogens with one attached hydrogen (secondary N) is 1. The molecular formula is C28H31N5O3S. The third-order valence-corrected chi connectivity index (χ3v) is 9.28. The smallest absolute Gasteiger partial charge is 0.280 e. The number of aromatic nitrogens is 4. The van der Waals surface area contributed by atoms with Gasteiger partial charge in [0, 0.05) is 0 Å². The molecule has 0 spiro atoms. The quantitative estimate of drug-likeness (QED) is 0.349. The highest BCUT2D eigenvalue weighted by Gasteiger charge is 2.49. The summed E-state index contributed by atoms with van der Waals surface area (Å²) in [5.41, 5.74) is 9.31. The number of fused-ring (bicyclic) bond motifs is 2. The number of rotatable bonds is 8. The van der Waals surface area contributed by atoms with E-state index in [2.05, 4.69) is 33.8 Å². The Bertz CT molecular complexity index is 1600. The van der Waals surface area contributed by atoms with Crippen molar-refractivity contribution < 1.29 is 8.42 Å². The highest BCUT2D eigenvalue weighted by molar-refractivity contribution is 7.92. The van der Waals surface area contributed by atoms with Gasteiger partial charge in [-0.05, 0) is 47.9 Å². The molecule has 4 aromatic rings.